The second-order valence-corrected chi connectivity index (χ2v) is 12.0. The van der Waals surface area contributed by atoms with Gasteiger partial charge in [-0.2, -0.15) is 13.9 Å². The normalized spacial score (nSPS) is 17.8. The fourth-order valence-corrected chi connectivity index (χ4v) is 5.38. The molecule has 17 nitrogen and oxygen atoms in total. The minimum Gasteiger partial charge on any atom is -0.606 e. The molecule has 0 amide bonds. The van der Waals surface area contributed by atoms with Gasteiger partial charge in [-0.1, -0.05) is 13.8 Å². The molecule has 236 valence electrons. The van der Waals surface area contributed by atoms with Gasteiger partial charge in [-0.05, 0) is 31.1 Å². The van der Waals surface area contributed by atoms with Crippen LogP contribution >= 0.6 is 8.17 Å². The van der Waals surface area contributed by atoms with Crippen molar-refractivity contribution in [2.75, 3.05) is 59.0 Å². The number of carboxylic acid groups (broad SMARTS) is 5. The summed E-state index contributed by atoms with van der Waals surface area (Å²) >= 11 is 0. The molecule has 0 aromatic rings. The molecule has 0 aromatic heterocycles. The number of phosphoric ester groups is 1. The summed E-state index contributed by atoms with van der Waals surface area (Å²) in [5, 5.41) is 55.9. The van der Waals surface area contributed by atoms with E-state index in [1.54, 1.807) is 0 Å². The van der Waals surface area contributed by atoms with E-state index in [1.165, 1.54) is 0 Å². The Morgan fingerprint density at radius 3 is 1.66 bits per heavy atom. The van der Waals surface area contributed by atoms with E-state index in [2.05, 4.69) is 0 Å². The molecule has 1 N–H and O–H groups in total. The number of hydrogen-bond acceptors (Lipinski definition) is 17. The van der Waals surface area contributed by atoms with Crippen LogP contribution in [-0.2, 0) is 33.0 Å². The van der Waals surface area contributed by atoms with Gasteiger partial charge in [0.2, 0.25) is 0 Å². The molecule has 2 atom stereocenters. The molecule has 1 aliphatic rings. The first-order valence-electron chi connectivity index (χ1n) is 12.7. The van der Waals surface area contributed by atoms with Gasteiger partial charge in [0, 0.05) is 52.4 Å². The molecule has 41 heavy (non-hydrogen) atoms. The number of carbonyl (C=O) groups excluding carboxylic acids is 5. The number of rotatable bonds is 21. The molecule has 1 rings (SSSR count). The van der Waals surface area contributed by atoms with Crippen LogP contribution in [0, 0.1) is 5.41 Å². The molecule has 2 unspecified atom stereocenters. The monoisotopic (exact) mass is 608 g/mol. The maximum absolute atomic E-state index is 12.7. The summed E-state index contributed by atoms with van der Waals surface area (Å²) in [4.78, 5) is 81.5. The van der Waals surface area contributed by atoms with Gasteiger partial charge in [-0.3, -0.25) is 14.7 Å². The predicted octanol–water partition coefficient (Wildman–Crippen LogP) is -7.96. The second kappa shape index (κ2) is 16.8. The maximum Gasteiger partial charge on any atom is 0.377 e. The van der Waals surface area contributed by atoms with E-state index >= 15 is 0 Å². The SMILES string of the molecule is CC1(C)CCC(O[P+]([O-])(O)OCC(CN(CCN(CC(=O)[O-])CC(=O)[O-])CC(=O)[O-])N(CC(=O)[O-])CC(=O)[O-])CC1. The van der Waals surface area contributed by atoms with Crippen LogP contribution in [0.25, 0.3) is 0 Å². The minimum absolute atomic E-state index is 0.0293. The van der Waals surface area contributed by atoms with Crippen molar-refractivity contribution in [1.29, 1.82) is 0 Å². The average Bonchev–Trinajstić information content (AvgIpc) is 2.79. The van der Waals surface area contributed by atoms with E-state index in [-0.39, 0.29) is 18.5 Å². The summed E-state index contributed by atoms with van der Waals surface area (Å²) < 4.78 is 10.3. The van der Waals surface area contributed by atoms with Gasteiger partial charge >= 0.3 is 8.17 Å². The highest BCUT2D eigenvalue weighted by atomic mass is 31.2. The molecular formula is C23H35N3O14P-5. The Hall–Kier alpha value is -2.50. The summed E-state index contributed by atoms with van der Waals surface area (Å²) in [7, 11) is -4.75. The number of aliphatic carboxylic acids is 5. The predicted molar refractivity (Wildman–Crippen MR) is 125 cm³/mol. The summed E-state index contributed by atoms with van der Waals surface area (Å²) in [5.74, 6) is -8.36. The van der Waals surface area contributed by atoms with E-state index < -0.39 is 96.0 Å². The number of hydrogen-bond donors (Lipinski definition) is 1. The lowest BCUT2D eigenvalue weighted by molar-refractivity contribution is -0.313. The number of carbonyl (C=O) groups is 5. The standard InChI is InChI=1S/C23H40N3O14P/c1-23(2)5-3-17(4-6-23)40-41(37,38)39-15-16(26(13-21(33)34)14-22(35)36)9-24(10-18(27)28)7-8-25(11-19(29)30)12-20(31)32/h16-17H,3-15H2,1-2H3,(H,27,28)(H,29,30)(H,31,32)(H,33,34)(H,35,36)(H,37,38)/p-5. The highest BCUT2D eigenvalue weighted by Gasteiger charge is 2.38. The minimum atomic E-state index is -4.75. The van der Waals surface area contributed by atoms with Gasteiger partial charge in [0.05, 0.1) is 35.9 Å². The first kappa shape index (κ1) is 36.5. The molecule has 1 saturated carbocycles. The highest BCUT2D eigenvalue weighted by molar-refractivity contribution is 7.52. The van der Waals surface area contributed by atoms with E-state index in [0.29, 0.717) is 12.8 Å². The highest BCUT2D eigenvalue weighted by Crippen LogP contribution is 2.51. The van der Waals surface area contributed by atoms with Crippen LogP contribution in [-0.4, -0.2) is 121 Å². The van der Waals surface area contributed by atoms with E-state index in [4.69, 9.17) is 9.05 Å². The van der Waals surface area contributed by atoms with E-state index in [0.717, 1.165) is 27.5 Å². The Kier molecular flexibility index (Phi) is 15.0. The van der Waals surface area contributed by atoms with Gasteiger partial charge in [0.15, 0.2) is 0 Å². The molecule has 18 heteroatoms. The number of phosphoric acid groups is 1. The fraction of sp³-hybridized carbons (Fsp3) is 0.783. The number of carboxylic acids is 5. The molecule has 0 aliphatic heterocycles. The molecule has 0 aromatic carbocycles. The first-order chi connectivity index (χ1) is 18.9. The average molecular weight is 609 g/mol. The van der Waals surface area contributed by atoms with Crippen LogP contribution in [0.2, 0.25) is 0 Å². The van der Waals surface area contributed by atoms with Crippen LogP contribution in [0.5, 0.6) is 0 Å². The van der Waals surface area contributed by atoms with Gasteiger partial charge in [-0.15, -0.1) is 0 Å². The van der Waals surface area contributed by atoms with Crippen molar-refractivity contribution >= 4 is 38.0 Å². The Bertz CT molecular complexity index is 876. The van der Waals surface area contributed by atoms with E-state index in [9.17, 15) is 59.3 Å². The van der Waals surface area contributed by atoms with Crippen LogP contribution in [0.3, 0.4) is 0 Å². The molecule has 0 radical (unpaired) electrons. The lowest BCUT2D eigenvalue weighted by Gasteiger charge is -2.38. The van der Waals surface area contributed by atoms with Crippen LogP contribution < -0.4 is 30.4 Å². The zero-order chi connectivity index (χ0) is 31.4. The van der Waals surface area contributed by atoms with Crippen molar-refractivity contribution in [3.63, 3.8) is 0 Å². The third kappa shape index (κ3) is 16.5. The maximum atomic E-state index is 12.7. The van der Waals surface area contributed by atoms with Crippen molar-refractivity contribution < 1.29 is 68.3 Å². The Morgan fingerprint density at radius 1 is 0.805 bits per heavy atom. The third-order valence-corrected chi connectivity index (χ3v) is 7.48. The van der Waals surface area contributed by atoms with Crippen molar-refractivity contribution in [2.24, 2.45) is 5.41 Å². The quantitative estimate of drug-likeness (QED) is 0.118. The van der Waals surface area contributed by atoms with Crippen LogP contribution in [0.4, 0.5) is 0 Å². The molecule has 0 saturated heterocycles. The largest absolute Gasteiger partial charge is 0.606 e. The molecular weight excluding hydrogens is 573 g/mol. The Labute approximate surface area is 237 Å². The molecule has 1 fully saturated rings. The van der Waals surface area contributed by atoms with Crippen molar-refractivity contribution in [3.05, 3.63) is 0 Å². The Morgan fingerprint density at radius 2 is 1.22 bits per heavy atom. The second-order valence-electron chi connectivity index (χ2n) is 10.6. The Balaban J connectivity index is 3.10. The summed E-state index contributed by atoms with van der Waals surface area (Å²) in [6.07, 6.45) is 1.78. The van der Waals surface area contributed by atoms with Gasteiger partial charge < -0.3 is 54.4 Å². The fourth-order valence-electron chi connectivity index (χ4n) is 4.37. The zero-order valence-corrected chi connectivity index (χ0v) is 23.8. The van der Waals surface area contributed by atoms with Gasteiger partial charge in [0.1, 0.15) is 12.7 Å². The lowest BCUT2D eigenvalue weighted by atomic mass is 9.76. The van der Waals surface area contributed by atoms with Crippen molar-refractivity contribution in [3.8, 4) is 0 Å². The summed E-state index contributed by atoms with van der Waals surface area (Å²) in [5.41, 5.74) is 0.0293. The lowest BCUT2D eigenvalue weighted by Crippen LogP contribution is -2.56. The topological polar surface area (TPSA) is 272 Å². The molecule has 0 heterocycles. The molecule has 0 bridgehead atoms. The third-order valence-electron chi connectivity index (χ3n) is 6.44. The van der Waals surface area contributed by atoms with Crippen molar-refractivity contribution in [2.45, 2.75) is 51.7 Å². The smallest absolute Gasteiger partial charge is 0.377 e. The van der Waals surface area contributed by atoms with Crippen LogP contribution in [0.1, 0.15) is 39.5 Å². The van der Waals surface area contributed by atoms with Gasteiger partial charge in [0.25, 0.3) is 0 Å². The summed E-state index contributed by atoms with van der Waals surface area (Å²) in [6, 6.07) is -1.38. The van der Waals surface area contributed by atoms with Gasteiger partial charge in [-0.25, -0.2) is 0 Å². The van der Waals surface area contributed by atoms with Crippen molar-refractivity contribution in [1.82, 2.24) is 14.7 Å². The zero-order valence-electron chi connectivity index (χ0n) is 22.9. The van der Waals surface area contributed by atoms with E-state index in [1.807, 2.05) is 13.8 Å². The summed E-state index contributed by atoms with van der Waals surface area (Å²) in [6.45, 7) is -2.51. The molecule has 1 aliphatic carbocycles. The first-order valence-corrected chi connectivity index (χ1v) is 14.2. The van der Waals surface area contributed by atoms with Crippen LogP contribution in [0.15, 0.2) is 0 Å². The molecule has 0 spiro atoms. The number of nitrogens with zero attached hydrogens (tertiary/aromatic N) is 3.